The zero-order chi connectivity index (χ0) is 18.9. The molecule has 2 aromatic rings. The van der Waals surface area contributed by atoms with Crippen LogP contribution in [0, 0.1) is 0 Å². The lowest BCUT2D eigenvalue weighted by molar-refractivity contribution is -0.00286. The van der Waals surface area contributed by atoms with Gasteiger partial charge in [0.2, 0.25) is 0 Å². The van der Waals surface area contributed by atoms with Crippen LogP contribution in [0.5, 0.6) is 0 Å². The summed E-state index contributed by atoms with van der Waals surface area (Å²) in [5.74, 6) is 0. The molecule has 2 aliphatic heterocycles. The Hall–Kier alpha value is -2.05. The second-order valence-electron chi connectivity index (χ2n) is 8.15. The minimum absolute atomic E-state index is 0.145. The minimum Gasteiger partial charge on any atom is -0.390 e. The summed E-state index contributed by atoms with van der Waals surface area (Å²) in [4.78, 5) is 9.45. The van der Waals surface area contributed by atoms with Gasteiger partial charge in [0.15, 0.2) is 0 Å². The lowest BCUT2D eigenvalue weighted by Crippen LogP contribution is -2.49. The Morgan fingerprint density at radius 3 is 2.54 bits per heavy atom. The molecule has 2 fully saturated rings. The molecule has 28 heavy (non-hydrogen) atoms. The van der Waals surface area contributed by atoms with Crippen molar-refractivity contribution in [3.05, 3.63) is 58.8 Å². The van der Waals surface area contributed by atoms with Gasteiger partial charge in [-0.05, 0) is 23.6 Å². The molecule has 5 rings (SSSR count). The Labute approximate surface area is 166 Å². The number of aliphatic hydroxyl groups is 1. The summed E-state index contributed by atoms with van der Waals surface area (Å²) in [6.07, 6.45) is 5.17. The summed E-state index contributed by atoms with van der Waals surface area (Å²) < 4.78 is 5.47. The average molecular weight is 377 g/mol. The van der Waals surface area contributed by atoms with Crippen LogP contribution < -0.4 is 0 Å². The molecule has 3 aliphatic rings. The number of rotatable bonds is 5. The van der Waals surface area contributed by atoms with Crippen LogP contribution in [0.3, 0.4) is 0 Å². The van der Waals surface area contributed by atoms with Gasteiger partial charge >= 0.3 is 0 Å². The van der Waals surface area contributed by atoms with Crippen molar-refractivity contribution in [2.75, 3.05) is 45.9 Å². The van der Waals surface area contributed by atoms with Gasteiger partial charge in [0, 0.05) is 56.6 Å². The minimum atomic E-state index is -0.145. The maximum Gasteiger partial charge on any atom is 0.0794 e. The molecule has 0 radical (unpaired) electrons. The molecule has 1 aromatic heterocycles. The first-order valence-electron chi connectivity index (χ1n) is 10.2. The zero-order valence-electron chi connectivity index (χ0n) is 16.2. The van der Waals surface area contributed by atoms with Crippen LogP contribution in [0.2, 0.25) is 0 Å². The van der Waals surface area contributed by atoms with Crippen LogP contribution in [-0.4, -0.2) is 71.9 Å². The molecule has 2 saturated heterocycles. The van der Waals surface area contributed by atoms with E-state index in [1.807, 2.05) is 6.20 Å². The second-order valence-corrected chi connectivity index (χ2v) is 8.15. The lowest BCUT2D eigenvalue weighted by Gasteiger charge is -2.35. The Balaban J connectivity index is 1.32. The Kier molecular flexibility index (Phi) is 4.99. The molecule has 1 aromatic carbocycles. The number of morpholine rings is 1. The van der Waals surface area contributed by atoms with Gasteiger partial charge in [-0.15, -0.1) is 0 Å². The third kappa shape index (κ3) is 3.76. The molecule has 5 nitrogen and oxygen atoms in total. The van der Waals surface area contributed by atoms with E-state index in [1.165, 1.54) is 27.8 Å². The smallest absolute Gasteiger partial charge is 0.0794 e. The Morgan fingerprint density at radius 2 is 1.79 bits per heavy atom. The molecule has 0 amide bonds. The molecule has 5 heteroatoms. The molecule has 0 saturated carbocycles. The Morgan fingerprint density at radius 1 is 1.00 bits per heavy atom. The number of aliphatic hydroxyl groups excluding tert-OH is 1. The first-order chi connectivity index (χ1) is 13.7. The fraction of sp³-hybridized carbons (Fsp3) is 0.435. The fourth-order valence-electron chi connectivity index (χ4n) is 4.40. The van der Waals surface area contributed by atoms with Gasteiger partial charge in [-0.25, -0.2) is 0 Å². The van der Waals surface area contributed by atoms with Crippen LogP contribution in [0.15, 0.2) is 42.1 Å². The maximum absolute atomic E-state index is 9.44. The van der Waals surface area contributed by atoms with E-state index in [-0.39, 0.29) is 6.10 Å². The molecule has 0 spiro atoms. The largest absolute Gasteiger partial charge is 0.390 e. The molecule has 0 bridgehead atoms. The predicted octanol–water partition coefficient (Wildman–Crippen LogP) is 2.20. The van der Waals surface area contributed by atoms with E-state index >= 15 is 0 Å². The van der Waals surface area contributed by atoms with Crippen molar-refractivity contribution in [2.24, 2.45) is 0 Å². The standard InChI is InChI=1S/C23H27N3O2/c27-21-15-26(16-21)13-17-1-3-19(4-2-17)23-22-12-18(11-20(22)5-6-24-23)14-25-7-9-28-10-8-25/h1-6,12,21,27H,7-11,13-16H2. The van der Waals surface area contributed by atoms with Gasteiger partial charge in [0.05, 0.1) is 25.0 Å². The van der Waals surface area contributed by atoms with Crippen molar-refractivity contribution in [1.82, 2.24) is 14.8 Å². The van der Waals surface area contributed by atoms with E-state index in [0.717, 1.165) is 64.6 Å². The number of ether oxygens (including phenoxy) is 1. The molecular formula is C23H27N3O2. The van der Waals surface area contributed by atoms with Gasteiger partial charge in [0.25, 0.3) is 0 Å². The third-order valence-corrected chi connectivity index (χ3v) is 5.95. The van der Waals surface area contributed by atoms with Crippen LogP contribution in [-0.2, 0) is 17.7 Å². The number of aromatic nitrogens is 1. The van der Waals surface area contributed by atoms with Crippen LogP contribution >= 0.6 is 0 Å². The van der Waals surface area contributed by atoms with Crippen molar-refractivity contribution < 1.29 is 9.84 Å². The lowest BCUT2D eigenvalue weighted by atomic mass is 10.0. The Bertz CT molecular complexity index is 866. The molecule has 1 N–H and O–H groups in total. The quantitative estimate of drug-likeness (QED) is 0.866. The highest BCUT2D eigenvalue weighted by Crippen LogP contribution is 2.33. The third-order valence-electron chi connectivity index (χ3n) is 5.95. The molecule has 1 aliphatic carbocycles. The van der Waals surface area contributed by atoms with Crippen LogP contribution in [0.1, 0.15) is 16.7 Å². The number of hydrogen-bond acceptors (Lipinski definition) is 5. The number of hydrogen-bond donors (Lipinski definition) is 1. The molecule has 146 valence electrons. The number of β-amino-alcohol motifs (C(OH)–C–C–N with tert-alkyl or cyclic N) is 1. The number of benzene rings is 1. The van der Waals surface area contributed by atoms with E-state index in [0.29, 0.717) is 0 Å². The second kappa shape index (κ2) is 7.76. The van der Waals surface area contributed by atoms with Crippen LogP contribution in [0.4, 0.5) is 0 Å². The van der Waals surface area contributed by atoms with E-state index in [1.54, 1.807) is 0 Å². The summed E-state index contributed by atoms with van der Waals surface area (Å²) >= 11 is 0. The van der Waals surface area contributed by atoms with Crippen molar-refractivity contribution in [3.8, 4) is 11.3 Å². The number of pyridine rings is 1. The first-order valence-corrected chi connectivity index (χ1v) is 10.2. The zero-order valence-corrected chi connectivity index (χ0v) is 16.2. The van der Waals surface area contributed by atoms with Gasteiger partial charge in [-0.3, -0.25) is 14.8 Å². The van der Waals surface area contributed by atoms with Gasteiger partial charge in [0.1, 0.15) is 0 Å². The van der Waals surface area contributed by atoms with Gasteiger partial charge in [-0.1, -0.05) is 35.9 Å². The maximum atomic E-state index is 9.44. The summed E-state index contributed by atoms with van der Waals surface area (Å²) in [6.45, 7) is 7.23. The summed E-state index contributed by atoms with van der Waals surface area (Å²) in [7, 11) is 0. The van der Waals surface area contributed by atoms with Gasteiger partial charge < -0.3 is 9.84 Å². The highest BCUT2D eigenvalue weighted by molar-refractivity contribution is 5.78. The summed E-state index contributed by atoms with van der Waals surface area (Å²) in [5, 5.41) is 9.44. The normalized spacial score (nSPS) is 20.7. The van der Waals surface area contributed by atoms with Crippen molar-refractivity contribution in [1.29, 1.82) is 0 Å². The highest BCUT2D eigenvalue weighted by atomic mass is 16.5. The van der Waals surface area contributed by atoms with E-state index in [9.17, 15) is 5.11 Å². The van der Waals surface area contributed by atoms with E-state index in [2.05, 4.69) is 46.2 Å². The highest BCUT2D eigenvalue weighted by Gasteiger charge is 2.24. The van der Waals surface area contributed by atoms with Gasteiger partial charge in [-0.2, -0.15) is 0 Å². The predicted molar refractivity (Wildman–Crippen MR) is 110 cm³/mol. The van der Waals surface area contributed by atoms with E-state index < -0.39 is 0 Å². The summed E-state index contributed by atoms with van der Waals surface area (Å²) in [6, 6.07) is 10.9. The SMILES string of the molecule is OC1CN(Cc2ccc(-c3nccc4c3C=C(CN3CCOCC3)C4)cc2)C1. The monoisotopic (exact) mass is 377 g/mol. The molecule has 3 heterocycles. The van der Waals surface area contributed by atoms with E-state index in [4.69, 9.17) is 9.72 Å². The van der Waals surface area contributed by atoms with Crippen molar-refractivity contribution in [2.45, 2.75) is 19.1 Å². The average Bonchev–Trinajstić information content (AvgIpc) is 3.10. The fourth-order valence-corrected chi connectivity index (χ4v) is 4.40. The summed E-state index contributed by atoms with van der Waals surface area (Å²) in [5.41, 5.74) is 7.68. The van der Waals surface area contributed by atoms with Crippen molar-refractivity contribution in [3.63, 3.8) is 0 Å². The molecule has 0 unspecified atom stereocenters. The van der Waals surface area contributed by atoms with Crippen LogP contribution in [0.25, 0.3) is 17.3 Å². The first kappa shape index (κ1) is 18.0. The topological polar surface area (TPSA) is 48.8 Å². The molecule has 0 atom stereocenters. The van der Waals surface area contributed by atoms with Crippen molar-refractivity contribution >= 4 is 6.08 Å². The number of nitrogens with zero attached hydrogens (tertiary/aromatic N) is 3. The number of fused-ring (bicyclic) bond motifs is 1. The number of likely N-dealkylation sites (tertiary alicyclic amines) is 1. The molecular weight excluding hydrogens is 350 g/mol.